The third kappa shape index (κ3) is 46.3. The summed E-state index contributed by atoms with van der Waals surface area (Å²) in [6.07, 6.45) is 57.0. The number of carbonyl (C=O) groups excluding carboxylic acids is 1. The van der Waals surface area contributed by atoms with Gasteiger partial charge >= 0.3 is 5.97 Å². The lowest BCUT2D eigenvalue weighted by molar-refractivity contribution is -0.870. The molecule has 0 bridgehead atoms. The van der Waals surface area contributed by atoms with Gasteiger partial charge in [-0.1, -0.05) is 156 Å². The Kier molecular flexibility index (Phi) is 40.3. The van der Waals surface area contributed by atoms with Gasteiger partial charge in [0.1, 0.15) is 19.3 Å². The fourth-order valence-electron chi connectivity index (χ4n) is 5.64. The van der Waals surface area contributed by atoms with E-state index in [4.69, 9.17) is 18.5 Å². The number of allylic oxidation sites excluding steroid dienone is 16. The minimum Gasteiger partial charge on any atom is -0.756 e. The largest absolute Gasteiger partial charge is 0.756 e. The molecule has 0 N–H and O–H groups in total. The number of unbranched alkanes of at least 4 members (excludes halogenated alkanes) is 11. The van der Waals surface area contributed by atoms with Gasteiger partial charge in [0.05, 0.1) is 34.4 Å². The average molecular weight is 844 g/mol. The number of phosphoric ester groups is 1. The molecule has 0 spiro atoms. The fourth-order valence-corrected chi connectivity index (χ4v) is 6.37. The molecule has 0 fully saturated rings. The molecular weight excluding hydrogens is 758 g/mol. The van der Waals surface area contributed by atoms with Crippen LogP contribution in [-0.4, -0.2) is 70.7 Å². The van der Waals surface area contributed by atoms with Crippen LogP contribution in [0.2, 0.25) is 0 Å². The van der Waals surface area contributed by atoms with Crippen molar-refractivity contribution in [3.63, 3.8) is 0 Å². The third-order valence-corrected chi connectivity index (χ3v) is 10.1. The molecule has 59 heavy (non-hydrogen) atoms. The highest BCUT2D eigenvalue weighted by molar-refractivity contribution is 7.45. The molecule has 0 saturated carbocycles. The maximum atomic E-state index is 12.7. The molecule has 0 aromatic rings. The molecule has 0 rings (SSSR count). The molecule has 0 radical (unpaired) electrons. The lowest BCUT2D eigenvalue weighted by atomic mass is 10.1. The van der Waals surface area contributed by atoms with Crippen molar-refractivity contribution in [1.82, 2.24) is 0 Å². The Hall–Kier alpha value is -2.58. The summed E-state index contributed by atoms with van der Waals surface area (Å²) in [5.41, 5.74) is 0. The summed E-state index contributed by atoms with van der Waals surface area (Å²) >= 11 is 0. The lowest BCUT2D eigenvalue weighted by Crippen LogP contribution is -2.37. The maximum Gasteiger partial charge on any atom is 0.306 e. The van der Waals surface area contributed by atoms with E-state index in [0.29, 0.717) is 17.6 Å². The number of esters is 1. The van der Waals surface area contributed by atoms with E-state index >= 15 is 0 Å². The predicted octanol–water partition coefficient (Wildman–Crippen LogP) is 13.2. The standard InChI is InChI=1S/C50H86NO7P/c1-6-8-10-12-14-16-18-20-22-24-26-27-29-31-33-35-37-39-41-43-50(52)58-49(48-57-59(53,54)56-46-44-51(3,4)5)47-55-45-42-40-38-36-34-32-30-28-25-23-21-19-17-15-13-11-9-7-2/h8-11,14-17,20-23,26-28,30,49H,6-7,12-13,18-19,24-25,29,31-48H2,1-5H3/b10-8-,11-9-,16-14-,17-15-,22-20-,23-21-,27-26-,30-28-. The number of hydrogen-bond acceptors (Lipinski definition) is 7. The number of rotatable bonds is 41. The second-order valence-corrected chi connectivity index (χ2v) is 17.4. The highest BCUT2D eigenvalue weighted by Crippen LogP contribution is 2.38. The van der Waals surface area contributed by atoms with Crippen LogP contribution in [0.4, 0.5) is 0 Å². The molecule has 0 amide bonds. The summed E-state index contributed by atoms with van der Waals surface area (Å²) in [5, 5.41) is 0. The fraction of sp³-hybridized carbons (Fsp3) is 0.660. The predicted molar refractivity (Wildman–Crippen MR) is 249 cm³/mol. The first kappa shape index (κ1) is 56.4. The third-order valence-electron chi connectivity index (χ3n) is 9.13. The maximum absolute atomic E-state index is 12.7. The molecule has 9 heteroatoms. The van der Waals surface area contributed by atoms with Crippen LogP contribution in [-0.2, 0) is 27.9 Å². The van der Waals surface area contributed by atoms with Gasteiger partial charge in [-0.25, -0.2) is 0 Å². The van der Waals surface area contributed by atoms with Gasteiger partial charge in [0.25, 0.3) is 7.82 Å². The van der Waals surface area contributed by atoms with Crippen LogP contribution in [0.15, 0.2) is 97.2 Å². The second-order valence-electron chi connectivity index (χ2n) is 16.0. The van der Waals surface area contributed by atoms with E-state index in [1.54, 1.807) is 0 Å². The van der Waals surface area contributed by atoms with Gasteiger partial charge in [0, 0.05) is 13.0 Å². The average Bonchev–Trinajstić information content (AvgIpc) is 3.19. The number of quaternary nitrogens is 1. The lowest BCUT2D eigenvalue weighted by Gasteiger charge is -2.28. The summed E-state index contributed by atoms with van der Waals surface area (Å²) in [7, 11) is 1.31. The van der Waals surface area contributed by atoms with Crippen molar-refractivity contribution in [2.24, 2.45) is 0 Å². The van der Waals surface area contributed by atoms with Crippen molar-refractivity contribution in [2.75, 3.05) is 54.1 Å². The molecule has 338 valence electrons. The molecule has 0 aromatic heterocycles. The molecule has 0 aliphatic carbocycles. The number of phosphoric acid groups is 1. The Balaban J connectivity index is 4.31. The Morgan fingerprint density at radius 3 is 1.39 bits per heavy atom. The Labute approximate surface area is 362 Å². The van der Waals surface area contributed by atoms with Crippen LogP contribution in [0.5, 0.6) is 0 Å². The minimum absolute atomic E-state index is 0.0130. The smallest absolute Gasteiger partial charge is 0.306 e. The van der Waals surface area contributed by atoms with E-state index in [9.17, 15) is 14.3 Å². The zero-order valence-corrected chi connectivity index (χ0v) is 39.1. The number of likely N-dealkylation sites (N-methyl/N-ethyl adjacent to an activating group) is 1. The van der Waals surface area contributed by atoms with Crippen molar-refractivity contribution >= 4 is 13.8 Å². The van der Waals surface area contributed by atoms with Crippen molar-refractivity contribution in [3.05, 3.63) is 97.2 Å². The zero-order valence-electron chi connectivity index (χ0n) is 38.2. The van der Waals surface area contributed by atoms with Gasteiger partial charge in [0.15, 0.2) is 0 Å². The van der Waals surface area contributed by atoms with Crippen LogP contribution in [0.3, 0.4) is 0 Å². The summed E-state index contributed by atoms with van der Waals surface area (Å²) in [4.78, 5) is 25.1. The zero-order chi connectivity index (χ0) is 43.4. The van der Waals surface area contributed by atoms with E-state index in [0.717, 1.165) is 109 Å². The first-order chi connectivity index (χ1) is 28.6. The Bertz CT molecular complexity index is 1260. The quantitative estimate of drug-likeness (QED) is 0.0199. The number of ether oxygens (including phenoxy) is 2. The van der Waals surface area contributed by atoms with Crippen LogP contribution in [0, 0.1) is 0 Å². The second kappa shape index (κ2) is 42.1. The van der Waals surface area contributed by atoms with Gasteiger partial charge in [-0.3, -0.25) is 9.36 Å². The van der Waals surface area contributed by atoms with Crippen molar-refractivity contribution in [3.8, 4) is 0 Å². The highest BCUT2D eigenvalue weighted by Gasteiger charge is 2.20. The van der Waals surface area contributed by atoms with E-state index in [-0.39, 0.29) is 32.2 Å². The van der Waals surface area contributed by atoms with E-state index in [1.165, 1.54) is 25.7 Å². The summed E-state index contributed by atoms with van der Waals surface area (Å²) < 4.78 is 34.6. The van der Waals surface area contributed by atoms with Gasteiger partial charge in [-0.2, -0.15) is 0 Å². The number of carbonyl (C=O) groups is 1. The van der Waals surface area contributed by atoms with E-state index < -0.39 is 13.9 Å². The normalized spacial score (nSPS) is 14.6. The molecule has 0 aromatic carbocycles. The summed E-state index contributed by atoms with van der Waals surface area (Å²) in [6.45, 7) is 5.09. The molecule has 0 aliphatic rings. The van der Waals surface area contributed by atoms with Gasteiger partial charge in [-0.05, 0) is 89.9 Å². The first-order valence-electron chi connectivity index (χ1n) is 23.0. The SMILES string of the molecule is CC/C=C\C/C=C\C/C=C\C/C=C\CCCCCCCCC(=O)OC(COCCCCCCC/C=C\C/C=C\C/C=C\C/C=C\CC)COP(=O)([O-])OCC[N+](C)(C)C. The summed E-state index contributed by atoms with van der Waals surface area (Å²) in [6, 6.07) is 0. The number of nitrogens with zero attached hydrogens (tertiary/aromatic N) is 1. The molecule has 0 saturated heterocycles. The Morgan fingerprint density at radius 1 is 0.525 bits per heavy atom. The van der Waals surface area contributed by atoms with Crippen LogP contribution in [0.25, 0.3) is 0 Å². The molecule has 2 unspecified atom stereocenters. The van der Waals surface area contributed by atoms with Crippen LogP contribution in [0.1, 0.15) is 155 Å². The molecule has 0 heterocycles. The molecule has 8 nitrogen and oxygen atoms in total. The first-order valence-corrected chi connectivity index (χ1v) is 24.4. The monoisotopic (exact) mass is 844 g/mol. The van der Waals surface area contributed by atoms with Crippen LogP contribution >= 0.6 is 7.82 Å². The number of hydrogen-bond donors (Lipinski definition) is 0. The molecular formula is C50H86NO7P. The van der Waals surface area contributed by atoms with Crippen molar-refractivity contribution in [1.29, 1.82) is 0 Å². The minimum atomic E-state index is -4.54. The Morgan fingerprint density at radius 2 is 0.932 bits per heavy atom. The van der Waals surface area contributed by atoms with Gasteiger partial charge in [0.2, 0.25) is 0 Å². The summed E-state index contributed by atoms with van der Waals surface area (Å²) in [5.74, 6) is -0.360. The molecule has 2 atom stereocenters. The van der Waals surface area contributed by atoms with E-state index in [1.807, 2.05) is 21.1 Å². The van der Waals surface area contributed by atoms with Crippen LogP contribution < -0.4 is 4.89 Å². The van der Waals surface area contributed by atoms with Gasteiger partial charge < -0.3 is 27.9 Å². The van der Waals surface area contributed by atoms with Gasteiger partial charge in [-0.15, -0.1) is 0 Å². The van der Waals surface area contributed by atoms with Crippen molar-refractivity contribution < 1.29 is 37.3 Å². The molecule has 0 aliphatic heterocycles. The highest BCUT2D eigenvalue weighted by atomic mass is 31.2. The topological polar surface area (TPSA) is 94.1 Å². The van der Waals surface area contributed by atoms with E-state index in [2.05, 4.69) is 111 Å². The van der Waals surface area contributed by atoms with Crippen molar-refractivity contribution in [2.45, 2.75) is 161 Å².